The highest BCUT2D eigenvalue weighted by Gasteiger charge is 2.27. The van der Waals surface area contributed by atoms with Crippen molar-refractivity contribution in [2.75, 3.05) is 13.1 Å². The van der Waals surface area contributed by atoms with E-state index < -0.39 is 6.09 Å². The third-order valence-electron chi connectivity index (χ3n) is 2.30. The van der Waals surface area contributed by atoms with E-state index in [0.29, 0.717) is 25.4 Å². The summed E-state index contributed by atoms with van der Waals surface area (Å²) in [5, 5.41) is 8.88. The van der Waals surface area contributed by atoms with Crippen molar-refractivity contribution in [2.45, 2.75) is 12.5 Å². The molecule has 2 heterocycles. The summed E-state index contributed by atoms with van der Waals surface area (Å²) in [5.41, 5.74) is 0. The smallest absolute Gasteiger partial charge is 0.407 e. The molecule has 1 aliphatic rings. The highest BCUT2D eigenvalue weighted by molar-refractivity contribution is 6.28. The minimum atomic E-state index is -0.924. The predicted octanol–water partition coefficient (Wildman–Crippen LogP) is 1.26. The number of nitrogens with zero attached hydrogens (tertiary/aromatic N) is 3. The van der Waals surface area contributed by atoms with Gasteiger partial charge in [-0.3, -0.25) is 0 Å². The van der Waals surface area contributed by atoms with Gasteiger partial charge in [0.15, 0.2) is 0 Å². The van der Waals surface area contributed by atoms with Gasteiger partial charge >= 0.3 is 6.09 Å². The second-order valence-corrected chi connectivity index (χ2v) is 3.76. The molecular formula is C9H10ClN3O3. The van der Waals surface area contributed by atoms with Gasteiger partial charge in [0.05, 0.1) is 6.54 Å². The molecule has 1 atom stereocenters. The SMILES string of the molecule is O=C(O)N1CC[C@@H](Oc2ccnc(Cl)n2)C1. The van der Waals surface area contributed by atoms with Crippen LogP contribution >= 0.6 is 11.6 Å². The zero-order valence-corrected chi connectivity index (χ0v) is 9.09. The lowest BCUT2D eigenvalue weighted by atomic mass is 10.3. The summed E-state index contributed by atoms with van der Waals surface area (Å²) >= 11 is 5.60. The Labute approximate surface area is 96.8 Å². The van der Waals surface area contributed by atoms with Crippen LogP contribution in [0.25, 0.3) is 0 Å². The molecule has 2 rings (SSSR count). The summed E-state index contributed by atoms with van der Waals surface area (Å²) in [7, 11) is 0. The molecule has 0 bridgehead atoms. The van der Waals surface area contributed by atoms with E-state index in [1.165, 1.54) is 11.1 Å². The van der Waals surface area contributed by atoms with Gasteiger partial charge < -0.3 is 14.7 Å². The highest BCUT2D eigenvalue weighted by Crippen LogP contribution is 2.17. The van der Waals surface area contributed by atoms with Gasteiger partial charge in [0, 0.05) is 25.2 Å². The summed E-state index contributed by atoms with van der Waals surface area (Å²) in [6.45, 7) is 0.843. The predicted molar refractivity (Wildman–Crippen MR) is 55.7 cm³/mol. The number of ether oxygens (including phenoxy) is 1. The first-order valence-electron chi connectivity index (χ1n) is 4.78. The molecule has 0 aromatic carbocycles. The molecule has 0 spiro atoms. The number of hydrogen-bond donors (Lipinski definition) is 1. The molecule has 16 heavy (non-hydrogen) atoms. The fourth-order valence-corrected chi connectivity index (χ4v) is 1.69. The standard InChI is InChI=1S/C9H10ClN3O3/c10-8-11-3-1-7(12-8)16-6-2-4-13(5-6)9(14)15/h1,3,6H,2,4-5H2,(H,14,15)/t6-/m1/s1. The summed E-state index contributed by atoms with van der Waals surface area (Å²) in [4.78, 5) is 19.6. The molecule has 6 nitrogen and oxygen atoms in total. The summed E-state index contributed by atoms with van der Waals surface area (Å²) in [6.07, 6.45) is 1.07. The van der Waals surface area contributed by atoms with E-state index >= 15 is 0 Å². The van der Waals surface area contributed by atoms with Crippen molar-refractivity contribution in [3.05, 3.63) is 17.5 Å². The van der Waals surface area contributed by atoms with E-state index in [1.54, 1.807) is 6.07 Å². The lowest BCUT2D eigenvalue weighted by Gasteiger charge is -2.13. The maximum Gasteiger partial charge on any atom is 0.407 e. The zero-order valence-electron chi connectivity index (χ0n) is 8.34. The van der Waals surface area contributed by atoms with Gasteiger partial charge in [-0.1, -0.05) is 0 Å². The van der Waals surface area contributed by atoms with Crippen LogP contribution in [-0.2, 0) is 0 Å². The van der Waals surface area contributed by atoms with E-state index in [2.05, 4.69) is 9.97 Å². The number of halogens is 1. The Kier molecular flexibility index (Phi) is 3.09. The largest absolute Gasteiger partial charge is 0.472 e. The Balaban J connectivity index is 1.94. The Morgan fingerprint density at radius 3 is 3.12 bits per heavy atom. The first-order chi connectivity index (χ1) is 7.65. The van der Waals surface area contributed by atoms with E-state index in [1.807, 2.05) is 0 Å². The van der Waals surface area contributed by atoms with Crippen LogP contribution in [-0.4, -0.2) is 45.3 Å². The van der Waals surface area contributed by atoms with Crippen LogP contribution in [0.3, 0.4) is 0 Å². The van der Waals surface area contributed by atoms with E-state index in [4.69, 9.17) is 21.4 Å². The molecule has 1 fully saturated rings. The molecule has 0 aliphatic carbocycles. The fraction of sp³-hybridized carbons (Fsp3) is 0.444. The molecule has 0 saturated carbocycles. The van der Waals surface area contributed by atoms with Gasteiger partial charge in [-0.05, 0) is 11.6 Å². The van der Waals surface area contributed by atoms with Crippen molar-refractivity contribution < 1.29 is 14.6 Å². The molecule has 1 saturated heterocycles. The molecule has 0 radical (unpaired) electrons. The maximum atomic E-state index is 10.7. The molecule has 1 aromatic rings. The van der Waals surface area contributed by atoms with Gasteiger partial charge in [0.1, 0.15) is 6.10 Å². The van der Waals surface area contributed by atoms with Crippen LogP contribution in [0.5, 0.6) is 5.88 Å². The Hall–Kier alpha value is -1.56. The van der Waals surface area contributed by atoms with Gasteiger partial charge in [-0.2, -0.15) is 4.98 Å². The molecule has 7 heteroatoms. The average Bonchev–Trinajstić information content (AvgIpc) is 2.66. The van der Waals surface area contributed by atoms with Crippen LogP contribution in [0, 0.1) is 0 Å². The number of carbonyl (C=O) groups is 1. The average molecular weight is 244 g/mol. The quantitative estimate of drug-likeness (QED) is 0.792. The van der Waals surface area contributed by atoms with E-state index in [9.17, 15) is 4.79 Å². The summed E-state index contributed by atoms with van der Waals surface area (Å²) in [5.74, 6) is 0.372. The van der Waals surface area contributed by atoms with Crippen molar-refractivity contribution in [2.24, 2.45) is 0 Å². The second kappa shape index (κ2) is 4.52. The molecule has 0 unspecified atom stereocenters. The van der Waals surface area contributed by atoms with Gasteiger partial charge in [0.25, 0.3) is 0 Å². The zero-order chi connectivity index (χ0) is 11.5. The monoisotopic (exact) mass is 243 g/mol. The molecular weight excluding hydrogens is 234 g/mol. The molecule has 1 N–H and O–H groups in total. The number of rotatable bonds is 2. The third kappa shape index (κ3) is 2.52. The Bertz CT molecular complexity index is 401. The van der Waals surface area contributed by atoms with Gasteiger partial charge in [0.2, 0.25) is 11.2 Å². The van der Waals surface area contributed by atoms with Crippen molar-refractivity contribution >= 4 is 17.7 Å². The van der Waals surface area contributed by atoms with E-state index in [0.717, 1.165) is 0 Å². The van der Waals surface area contributed by atoms with Crippen LogP contribution in [0.15, 0.2) is 12.3 Å². The number of hydrogen-bond acceptors (Lipinski definition) is 4. The van der Waals surface area contributed by atoms with Crippen molar-refractivity contribution in [1.29, 1.82) is 0 Å². The first kappa shape index (κ1) is 10.9. The lowest BCUT2D eigenvalue weighted by Crippen LogP contribution is -2.29. The van der Waals surface area contributed by atoms with Crippen molar-refractivity contribution in [1.82, 2.24) is 14.9 Å². The number of amides is 1. The minimum absolute atomic E-state index is 0.116. The molecule has 1 aromatic heterocycles. The van der Waals surface area contributed by atoms with Crippen molar-refractivity contribution in [3.8, 4) is 5.88 Å². The van der Waals surface area contributed by atoms with E-state index in [-0.39, 0.29) is 11.4 Å². The molecule has 1 aliphatic heterocycles. The number of carboxylic acid groups (broad SMARTS) is 1. The molecule has 86 valence electrons. The summed E-state index contributed by atoms with van der Waals surface area (Å²) in [6, 6.07) is 1.59. The van der Waals surface area contributed by atoms with Crippen molar-refractivity contribution in [3.63, 3.8) is 0 Å². The van der Waals surface area contributed by atoms with Crippen LogP contribution < -0.4 is 4.74 Å². The third-order valence-corrected chi connectivity index (χ3v) is 2.49. The molecule has 1 amide bonds. The first-order valence-corrected chi connectivity index (χ1v) is 5.16. The Morgan fingerprint density at radius 1 is 1.69 bits per heavy atom. The van der Waals surface area contributed by atoms with Crippen LogP contribution in [0.4, 0.5) is 4.79 Å². The number of aromatic nitrogens is 2. The van der Waals surface area contributed by atoms with Crippen LogP contribution in [0.1, 0.15) is 6.42 Å². The minimum Gasteiger partial charge on any atom is -0.472 e. The fourth-order valence-electron chi connectivity index (χ4n) is 1.55. The highest BCUT2D eigenvalue weighted by atomic mass is 35.5. The summed E-state index contributed by atoms with van der Waals surface area (Å²) < 4.78 is 5.50. The number of likely N-dealkylation sites (tertiary alicyclic amines) is 1. The lowest BCUT2D eigenvalue weighted by molar-refractivity contribution is 0.144. The van der Waals surface area contributed by atoms with Crippen LogP contribution in [0.2, 0.25) is 5.28 Å². The van der Waals surface area contributed by atoms with Gasteiger partial charge in [-0.15, -0.1) is 0 Å². The second-order valence-electron chi connectivity index (χ2n) is 3.42. The Morgan fingerprint density at radius 2 is 2.50 bits per heavy atom. The maximum absolute atomic E-state index is 10.7. The normalized spacial score (nSPS) is 19.8. The topological polar surface area (TPSA) is 75.5 Å². The van der Waals surface area contributed by atoms with Gasteiger partial charge in [-0.25, -0.2) is 9.78 Å².